The lowest BCUT2D eigenvalue weighted by molar-refractivity contribution is 0.102. The summed E-state index contributed by atoms with van der Waals surface area (Å²) in [6.45, 7) is 3.34. The molecule has 3 heterocycles. The van der Waals surface area contributed by atoms with Gasteiger partial charge in [-0.05, 0) is 35.7 Å². The van der Waals surface area contributed by atoms with Crippen LogP contribution in [0.5, 0.6) is 5.75 Å². The van der Waals surface area contributed by atoms with Crippen LogP contribution in [0.4, 0.5) is 17.3 Å². The van der Waals surface area contributed by atoms with Crippen LogP contribution in [-0.2, 0) is 0 Å². The fraction of sp³-hybridized carbons (Fsp3) is 0.192. The van der Waals surface area contributed by atoms with Gasteiger partial charge in [0.05, 0.1) is 18.4 Å². The molecule has 0 bridgehead atoms. The van der Waals surface area contributed by atoms with Crippen LogP contribution in [0, 0.1) is 0 Å². The van der Waals surface area contributed by atoms with Crippen molar-refractivity contribution in [3.63, 3.8) is 0 Å². The number of carbonyl (C=O) groups excluding carboxylic acids is 1. The van der Waals surface area contributed by atoms with Gasteiger partial charge in [0.25, 0.3) is 5.91 Å². The highest BCUT2D eigenvalue weighted by Gasteiger charge is 2.22. The third-order valence-corrected chi connectivity index (χ3v) is 6.22. The van der Waals surface area contributed by atoms with Gasteiger partial charge in [-0.1, -0.05) is 41.9 Å². The van der Waals surface area contributed by atoms with Gasteiger partial charge in [-0.3, -0.25) is 4.79 Å². The third-order valence-electron chi connectivity index (χ3n) is 5.98. The Morgan fingerprint density at radius 2 is 1.68 bits per heavy atom. The average Bonchev–Trinajstić information content (AvgIpc) is 2.89. The fourth-order valence-corrected chi connectivity index (χ4v) is 4.44. The van der Waals surface area contributed by atoms with Crippen molar-refractivity contribution in [2.75, 3.05) is 48.4 Å². The molecule has 172 valence electrons. The standard InChI is InChI=1S/C26H24ClN5O2/c1-34-23-10-9-18(27)16-22(23)30-26(33)21-17-29-25(20-7-3-2-6-19(20)21)32-14-12-31(13-15-32)24-8-4-5-11-28-24/h2-11,16-17H,12-15H2,1H3,(H,30,33). The number of nitrogens with one attached hydrogen (secondary N) is 1. The smallest absolute Gasteiger partial charge is 0.257 e. The van der Waals surface area contributed by atoms with Crippen LogP contribution in [0.25, 0.3) is 10.8 Å². The van der Waals surface area contributed by atoms with E-state index in [-0.39, 0.29) is 5.91 Å². The van der Waals surface area contributed by atoms with Crippen molar-refractivity contribution in [2.24, 2.45) is 0 Å². The topological polar surface area (TPSA) is 70.6 Å². The van der Waals surface area contributed by atoms with E-state index in [9.17, 15) is 4.79 Å². The van der Waals surface area contributed by atoms with Crippen molar-refractivity contribution < 1.29 is 9.53 Å². The lowest BCUT2D eigenvalue weighted by Crippen LogP contribution is -2.47. The molecule has 1 amide bonds. The largest absolute Gasteiger partial charge is 0.495 e. The number of hydrogen-bond acceptors (Lipinski definition) is 6. The van der Waals surface area contributed by atoms with Crippen molar-refractivity contribution in [3.8, 4) is 5.75 Å². The lowest BCUT2D eigenvalue weighted by atomic mass is 10.1. The Morgan fingerprint density at radius 1 is 0.941 bits per heavy atom. The van der Waals surface area contributed by atoms with Crippen molar-refractivity contribution in [1.29, 1.82) is 0 Å². The first kappa shape index (κ1) is 22.0. The number of ether oxygens (including phenoxy) is 1. The minimum absolute atomic E-state index is 0.268. The number of carbonyl (C=O) groups is 1. The van der Waals surface area contributed by atoms with Gasteiger partial charge in [0.1, 0.15) is 17.4 Å². The monoisotopic (exact) mass is 473 g/mol. The van der Waals surface area contributed by atoms with E-state index >= 15 is 0 Å². The first-order valence-electron chi connectivity index (χ1n) is 11.1. The second-order valence-electron chi connectivity index (χ2n) is 8.00. The molecule has 0 aliphatic carbocycles. The van der Waals surface area contributed by atoms with Gasteiger partial charge >= 0.3 is 0 Å². The van der Waals surface area contributed by atoms with Crippen molar-refractivity contribution in [1.82, 2.24) is 9.97 Å². The minimum Gasteiger partial charge on any atom is -0.495 e. The average molecular weight is 474 g/mol. The normalized spacial score (nSPS) is 13.7. The second-order valence-corrected chi connectivity index (χ2v) is 8.44. The zero-order chi connectivity index (χ0) is 23.5. The van der Waals surface area contributed by atoms with E-state index < -0.39 is 0 Å². The van der Waals surface area contributed by atoms with E-state index in [0.29, 0.717) is 22.0 Å². The van der Waals surface area contributed by atoms with Crippen LogP contribution < -0.4 is 19.9 Å². The molecule has 7 nitrogen and oxygen atoms in total. The Labute approximate surface area is 202 Å². The maximum absolute atomic E-state index is 13.2. The molecular weight excluding hydrogens is 450 g/mol. The van der Waals surface area contributed by atoms with E-state index in [4.69, 9.17) is 21.3 Å². The van der Waals surface area contributed by atoms with Gasteiger partial charge in [-0.15, -0.1) is 0 Å². The fourth-order valence-electron chi connectivity index (χ4n) is 4.27. The molecule has 4 aromatic rings. The molecule has 34 heavy (non-hydrogen) atoms. The number of halogens is 1. The van der Waals surface area contributed by atoms with Crippen LogP contribution in [0.15, 0.2) is 73.1 Å². The molecule has 1 aliphatic rings. The number of aromatic nitrogens is 2. The number of rotatable bonds is 5. The van der Waals surface area contributed by atoms with Crippen LogP contribution in [0.3, 0.4) is 0 Å². The Hall–Kier alpha value is -3.84. The van der Waals surface area contributed by atoms with Crippen molar-refractivity contribution in [3.05, 3.63) is 83.6 Å². The number of benzene rings is 2. The van der Waals surface area contributed by atoms with E-state index in [0.717, 1.165) is 48.6 Å². The molecule has 1 N–H and O–H groups in total. The SMILES string of the molecule is COc1ccc(Cl)cc1NC(=O)c1cnc(N2CCN(c3ccccn3)CC2)c2ccccc12. The number of piperazine rings is 1. The minimum atomic E-state index is -0.268. The third kappa shape index (κ3) is 4.34. The summed E-state index contributed by atoms with van der Waals surface area (Å²) in [5, 5.41) is 5.22. The van der Waals surface area contributed by atoms with Crippen LogP contribution in [-0.4, -0.2) is 49.2 Å². The highest BCUT2D eigenvalue weighted by molar-refractivity contribution is 6.31. The van der Waals surface area contributed by atoms with Gasteiger partial charge in [-0.2, -0.15) is 0 Å². The van der Waals surface area contributed by atoms with Gasteiger partial charge in [0, 0.05) is 49.0 Å². The number of amides is 1. The summed E-state index contributed by atoms with van der Waals surface area (Å²) < 4.78 is 5.36. The molecule has 2 aromatic heterocycles. The molecule has 2 aromatic carbocycles. The van der Waals surface area contributed by atoms with Crippen molar-refractivity contribution in [2.45, 2.75) is 0 Å². The van der Waals surface area contributed by atoms with E-state index in [2.05, 4.69) is 20.1 Å². The molecule has 0 atom stereocenters. The molecule has 1 saturated heterocycles. The Balaban J connectivity index is 1.41. The molecule has 0 radical (unpaired) electrons. The number of pyridine rings is 2. The number of fused-ring (bicyclic) bond motifs is 1. The highest BCUT2D eigenvalue weighted by Crippen LogP contribution is 2.31. The maximum atomic E-state index is 13.2. The maximum Gasteiger partial charge on any atom is 0.257 e. The zero-order valence-electron chi connectivity index (χ0n) is 18.7. The quantitative estimate of drug-likeness (QED) is 0.446. The summed E-state index contributed by atoms with van der Waals surface area (Å²) in [5.41, 5.74) is 1.01. The Kier molecular flexibility index (Phi) is 6.18. The summed E-state index contributed by atoms with van der Waals surface area (Å²) >= 11 is 6.12. The number of anilines is 3. The molecule has 5 rings (SSSR count). The number of hydrogen-bond donors (Lipinski definition) is 1. The van der Waals surface area contributed by atoms with Gasteiger partial charge < -0.3 is 19.9 Å². The Bertz CT molecular complexity index is 1320. The second kappa shape index (κ2) is 9.57. The molecule has 1 fully saturated rings. The summed E-state index contributed by atoms with van der Waals surface area (Å²) in [4.78, 5) is 27.0. The number of methoxy groups -OCH3 is 1. The van der Waals surface area contributed by atoms with E-state index in [1.165, 1.54) is 0 Å². The lowest BCUT2D eigenvalue weighted by Gasteiger charge is -2.36. The molecule has 1 aliphatic heterocycles. The molecular formula is C26H24ClN5O2. The van der Waals surface area contributed by atoms with Gasteiger partial charge in [-0.25, -0.2) is 9.97 Å². The predicted octanol–water partition coefficient (Wildman–Crippen LogP) is 4.87. The van der Waals surface area contributed by atoms with Crippen LogP contribution >= 0.6 is 11.6 Å². The number of nitrogens with zero attached hydrogens (tertiary/aromatic N) is 4. The van der Waals surface area contributed by atoms with Gasteiger partial charge in [0.15, 0.2) is 0 Å². The van der Waals surface area contributed by atoms with Crippen LogP contribution in [0.2, 0.25) is 5.02 Å². The highest BCUT2D eigenvalue weighted by atomic mass is 35.5. The molecule has 0 spiro atoms. The van der Waals surface area contributed by atoms with E-state index in [1.54, 1.807) is 31.5 Å². The first-order valence-corrected chi connectivity index (χ1v) is 11.5. The zero-order valence-corrected chi connectivity index (χ0v) is 19.5. The van der Waals surface area contributed by atoms with Crippen LogP contribution in [0.1, 0.15) is 10.4 Å². The van der Waals surface area contributed by atoms with Crippen molar-refractivity contribution >= 4 is 45.6 Å². The molecule has 0 unspecified atom stereocenters. The van der Waals surface area contributed by atoms with Gasteiger partial charge in [0.2, 0.25) is 0 Å². The molecule has 0 saturated carbocycles. The molecule has 8 heteroatoms. The summed E-state index contributed by atoms with van der Waals surface area (Å²) in [7, 11) is 1.55. The predicted molar refractivity (Wildman–Crippen MR) is 136 cm³/mol. The summed E-state index contributed by atoms with van der Waals surface area (Å²) in [5.74, 6) is 2.14. The Morgan fingerprint density at radius 3 is 2.41 bits per heavy atom. The first-order chi connectivity index (χ1) is 16.6. The van der Waals surface area contributed by atoms with E-state index in [1.807, 2.05) is 48.7 Å². The summed E-state index contributed by atoms with van der Waals surface area (Å²) in [6.07, 6.45) is 3.47. The summed E-state index contributed by atoms with van der Waals surface area (Å²) in [6, 6.07) is 18.9.